The number of carbonyl (C=O) groups is 3. The van der Waals surface area contributed by atoms with Crippen molar-refractivity contribution in [3.8, 4) is 0 Å². The van der Waals surface area contributed by atoms with E-state index in [0.29, 0.717) is 0 Å². The van der Waals surface area contributed by atoms with Crippen LogP contribution >= 0.6 is 0 Å². The molecule has 0 unspecified atom stereocenters. The predicted molar refractivity (Wildman–Crippen MR) is 64.9 cm³/mol. The van der Waals surface area contributed by atoms with Crippen LogP contribution in [0.25, 0.3) is 0 Å². The van der Waals surface area contributed by atoms with E-state index in [4.69, 9.17) is 5.11 Å². The summed E-state index contributed by atoms with van der Waals surface area (Å²) < 4.78 is 0. The SMILES string of the molecule is O=C(O)CCNC(=O)CCC(=O)NC1CCCC1. The molecule has 1 fully saturated rings. The number of carboxylic acids is 1. The molecule has 6 nitrogen and oxygen atoms in total. The zero-order valence-electron chi connectivity index (χ0n) is 10.4. The second kappa shape index (κ2) is 7.68. The van der Waals surface area contributed by atoms with Crippen molar-refractivity contribution in [2.45, 2.75) is 51.0 Å². The molecule has 1 rings (SSSR count). The fourth-order valence-electron chi connectivity index (χ4n) is 1.99. The van der Waals surface area contributed by atoms with E-state index in [1.165, 1.54) is 0 Å². The summed E-state index contributed by atoms with van der Waals surface area (Å²) in [5.41, 5.74) is 0. The van der Waals surface area contributed by atoms with E-state index < -0.39 is 5.97 Å². The van der Waals surface area contributed by atoms with Crippen LogP contribution in [0.5, 0.6) is 0 Å². The largest absolute Gasteiger partial charge is 0.481 e. The van der Waals surface area contributed by atoms with Gasteiger partial charge in [0, 0.05) is 25.4 Å². The molecule has 0 heterocycles. The molecule has 1 aliphatic rings. The van der Waals surface area contributed by atoms with Crippen molar-refractivity contribution < 1.29 is 19.5 Å². The first-order valence-corrected chi connectivity index (χ1v) is 6.36. The molecule has 2 amide bonds. The molecule has 1 saturated carbocycles. The third kappa shape index (κ3) is 6.22. The second-order valence-corrected chi connectivity index (χ2v) is 4.54. The monoisotopic (exact) mass is 256 g/mol. The Balaban J connectivity index is 2.05. The molecule has 0 saturated heterocycles. The zero-order valence-corrected chi connectivity index (χ0v) is 10.4. The molecule has 0 aromatic rings. The van der Waals surface area contributed by atoms with E-state index >= 15 is 0 Å². The Kier molecular flexibility index (Phi) is 6.18. The van der Waals surface area contributed by atoms with Crippen LogP contribution in [-0.4, -0.2) is 35.5 Å². The Labute approximate surface area is 106 Å². The molecule has 6 heteroatoms. The van der Waals surface area contributed by atoms with Crippen LogP contribution in [0.4, 0.5) is 0 Å². The highest BCUT2D eigenvalue weighted by atomic mass is 16.4. The fraction of sp³-hybridized carbons (Fsp3) is 0.750. The van der Waals surface area contributed by atoms with Crippen LogP contribution in [0.15, 0.2) is 0 Å². The number of amides is 2. The van der Waals surface area contributed by atoms with Gasteiger partial charge in [-0.2, -0.15) is 0 Å². The van der Waals surface area contributed by atoms with Crippen molar-refractivity contribution in [2.75, 3.05) is 6.54 Å². The van der Waals surface area contributed by atoms with E-state index in [2.05, 4.69) is 10.6 Å². The van der Waals surface area contributed by atoms with Crippen molar-refractivity contribution >= 4 is 17.8 Å². The van der Waals surface area contributed by atoms with E-state index in [9.17, 15) is 14.4 Å². The van der Waals surface area contributed by atoms with Crippen molar-refractivity contribution in [1.29, 1.82) is 0 Å². The lowest BCUT2D eigenvalue weighted by Crippen LogP contribution is -2.34. The van der Waals surface area contributed by atoms with Crippen LogP contribution in [-0.2, 0) is 14.4 Å². The van der Waals surface area contributed by atoms with Crippen LogP contribution in [0.2, 0.25) is 0 Å². The Morgan fingerprint density at radius 2 is 1.61 bits per heavy atom. The van der Waals surface area contributed by atoms with Crippen molar-refractivity contribution in [1.82, 2.24) is 10.6 Å². The van der Waals surface area contributed by atoms with Crippen molar-refractivity contribution in [3.05, 3.63) is 0 Å². The first-order chi connectivity index (χ1) is 8.58. The Bertz CT molecular complexity index is 311. The summed E-state index contributed by atoms with van der Waals surface area (Å²) in [6.07, 6.45) is 4.53. The number of rotatable bonds is 7. The topological polar surface area (TPSA) is 95.5 Å². The molecule has 102 valence electrons. The van der Waals surface area contributed by atoms with Crippen molar-refractivity contribution in [3.63, 3.8) is 0 Å². The van der Waals surface area contributed by atoms with E-state index in [1.54, 1.807) is 0 Å². The van der Waals surface area contributed by atoms with Gasteiger partial charge in [0.05, 0.1) is 6.42 Å². The third-order valence-corrected chi connectivity index (χ3v) is 2.96. The van der Waals surface area contributed by atoms with Crippen LogP contribution in [0, 0.1) is 0 Å². The first kappa shape index (κ1) is 14.5. The number of nitrogens with one attached hydrogen (secondary N) is 2. The fourth-order valence-corrected chi connectivity index (χ4v) is 1.99. The maximum absolute atomic E-state index is 11.5. The van der Waals surface area contributed by atoms with Gasteiger partial charge in [-0.25, -0.2) is 0 Å². The molecule has 0 atom stereocenters. The van der Waals surface area contributed by atoms with Gasteiger partial charge in [-0.1, -0.05) is 12.8 Å². The summed E-state index contributed by atoms with van der Waals surface area (Å²) in [4.78, 5) is 33.0. The van der Waals surface area contributed by atoms with Gasteiger partial charge in [-0.05, 0) is 12.8 Å². The quantitative estimate of drug-likeness (QED) is 0.615. The van der Waals surface area contributed by atoms with Gasteiger partial charge >= 0.3 is 5.97 Å². The molecule has 0 radical (unpaired) electrons. The van der Waals surface area contributed by atoms with Gasteiger partial charge in [0.15, 0.2) is 0 Å². The molecule has 0 aromatic heterocycles. The third-order valence-electron chi connectivity index (χ3n) is 2.96. The standard InChI is InChI=1S/C12H20N2O4/c15-10(13-8-7-12(17)18)5-6-11(16)14-9-3-1-2-4-9/h9H,1-8H2,(H,13,15)(H,14,16)(H,17,18). The van der Waals surface area contributed by atoms with Crippen LogP contribution in [0.3, 0.4) is 0 Å². The molecule has 1 aliphatic carbocycles. The lowest BCUT2D eigenvalue weighted by atomic mass is 10.2. The van der Waals surface area contributed by atoms with Gasteiger partial charge in [0.1, 0.15) is 0 Å². The molecular formula is C12H20N2O4. The molecule has 0 spiro atoms. The van der Waals surface area contributed by atoms with Gasteiger partial charge < -0.3 is 15.7 Å². The van der Waals surface area contributed by atoms with E-state index in [0.717, 1.165) is 25.7 Å². The lowest BCUT2D eigenvalue weighted by molar-refractivity contribution is -0.137. The minimum absolute atomic E-state index is 0.0972. The summed E-state index contributed by atoms with van der Waals surface area (Å²) in [6.45, 7) is 0.110. The summed E-state index contributed by atoms with van der Waals surface area (Å²) in [7, 11) is 0. The van der Waals surface area contributed by atoms with Gasteiger partial charge in [-0.15, -0.1) is 0 Å². The normalized spacial score (nSPS) is 15.3. The summed E-state index contributed by atoms with van der Waals surface area (Å²) in [5.74, 6) is -1.33. The summed E-state index contributed by atoms with van der Waals surface area (Å²) in [6, 6.07) is 0.271. The van der Waals surface area contributed by atoms with Crippen LogP contribution < -0.4 is 10.6 Å². The number of aliphatic carboxylic acids is 1. The minimum atomic E-state index is -0.950. The Morgan fingerprint density at radius 1 is 1.00 bits per heavy atom. The molecule has 3 N–H and O–H groups in total. The number of hydrogen-bond acceptors (Lipinski definition) is 3. The number of hydrogen-bond donors (Lipinski definition) is 3. The summed E-state index contributed by atoms with van der Waals surface area (Å²) in [5, 5.41) is 13.7. The average molecular weight is 256 g/mol. The smallest absolute Gasteiger partial charge is 0.305 e. The number of carboxylic acid groups (broad SMARTS) is 1. The molecule has 0 aliphatic heterocycles. The summed E-state index contributed by atoms with van der Waals surface area (Å²) >= 11 is 0. The van der Waals surface area contributed by atoms with E-state index in [1.807, 2.05) is 0 Å². The first-order valence-electron chi connectivity index (χ1n) is 6.36. The highest BCUT2D eigenvalue weighted by Crippen LogP contribution is 2.17. The molecule has 0 bridgehead atoms. The van der Waals surface area contributed by atoms with Crippen molar-refractivity contribution in [2.24, 2.45) is 0 Å². The minimum Gasteiger partial charge on any atom is -0.481 e. The predicted octanol–water partition coefficient (Wildman–Crippen LogP) is 0.416. The number of carbonyl (C=O) groups excluding carboxylic acids is 2. The highest BCUT2D eigenvalue weighted by Gasteiger charge is 2.17. The molecule has 18 heavy (non-hydrogen) atoms. The van der Waals surface area contributed by atoms with Crippen LogP contribution in [0.1, 0.15) is 44.9 Å². The highest BCUT2D eigenvalue weighted by molar-refractivity contribution is 5.84. The average Bonchev–Trinajstić information content (AvgIpc) is 2.78. The Hall–Kier alpha value is -1.59. The maximum atomic E-state index is 11.5. The zero-order chi connectivity index (χ0) is 13.4. The maximum Gasteiger partial charge on any atom is 0.305 e. The Morgan fingerprint density at radius 3 is 2.22 bits per heavy atom. The van der Waals surface area contributed by atoms with Gasteiger partial charge in [0.25, 0.3) is 0 Å². The van der Waals surface area contributed by atoms with Gasteiger partial charge in [-0.3, -0.25) is 14.4 Å². The molecular weight excluding hydrogens is 236 g/mol. The second-order valence-electron chi connectivity index (χ2n) is 4.54. The lowest BCUT2D eigenvalue weighted by Gasteiger charge is -2.11. The molecule has 0 aromatic carbocycles. The van der Waals surface area contributed by atoms with E-state index in [-0.39, 0.29) is 43.7 Å². The van der Waals surface area contributed by atoms with Gasteiger partial charge in [0.2, 0.25) is 11.8 Å².